The van der Waals surface area contributed by atoms with Crippen molar-refractivity contribution in [1.82, 2.24) is 10.6 Å². The van der Waals surface area contributed by atoms with Gasteiger partial charge in [0.05, 0.1) is 14.2 Å². The average molecular weight is 291 g/mol. The highest BCUT2D eigenvalue weighted by molar-refractivity contribution is 6.05. The number of methoxy groups -OCH3 is 2. The van der Waals surface area contributed by atoms with E-state index >= 15 is 0 Å². The third-order valence-electron chi connectivity index (χ3n) is 2.97. The van der Waals surface area contributed by atoms with Crippen molar-refractivity contribution in [3.8, 4) is 11.5 Å². The summed E-state index contributed by atoms with van der Waals surface area (Å²) in [6.45, 7) is 6.00. The molecule has 0 radical (unpaired) electrons. The fourth-order valence-corrected chi connectivity index (χ4v) is 2.16. The van der Waals surface area contributed by atoms with Gasteiger partial charge >= 0.3 is 0 Å². The van der Waals surface area contributed by atoms with Gasteiger partial charge < -0.3 is 14.8 Å². The number of hydrogen-bond acceptors (Lipinski definition) is 5. The molecule has 6 nitrogen and oxygen atoms in total. The molecule has 0 spiro atoms. The summed E-state index contributed by atoms with van der Waals surface area (Å²) >= 11 is 0. The number of ether oxygens (including phenoxy) is 2. The van der Waals surface area contributed by atoms with Crippen molar-refractivity contribution in [3.63, 3.8) is 0 Å². The van der Waals surface area contributed by atoms with E-state index in [0.717, 1.165) is 0 Å². The number of hydrogen-bond donors (Lipinski definition) is 2. The molecule has 1 aliphatic heterocycles. The third kappa shape index (κ3) is 3.26. The average Bonchev–Trinajstić information content (AvgIpc) is 2.75. The molecule has 1 heterocycles. The van der Waals surface area contributed by atoms with Gasteiger partial charge in [-0.1, -0.05) is 12.1 Å². The Kier molecular flexibility index (Phi) is 4.06. The monoisotopic (exact) mass is 291 g/mol. The Bertz CT molecular complexity index is 576. The van der Waals surface area contributed by atoms with Gasteiger partial charge in [-0.25, -0.2) is 4.99 Å². The number of rotatable bonds is 3. The lowest BCUT2D eigenvalue weighted by Gasteiger charge is -2.21. The Hall–Kier alpha value is -2.24. The van der Waals surface area contributed by atoms with E-state index in [-0.39, 0.29) is 11.4 Å². The van der Waals surface area contributed by atoms with E-state index < -0.39 is 6.04 Å². The second-order valence-corrected chi connectivity index (χ2v) is 5.83. The van der Waals surface area contributed by atoms with Crippen LogP contribution in [0.4, 0.5) is 0 Å². The van der Waals surface area contributed by atoms with Crippen LogP contribution >= 0.6 is 0 Å². The Morgan fingerprint density at radius 1 is 1.24 bits per heavy atom. The van der Waals surface area contributed by atoms with Crippen molar-refractivity contribution >= 4 is 11.9 Å². The molecule has 0 aliphatic carbocycles. The van der Waals surface area contributed by atoms with Crippen LogP contribution in [-0.4, -0.2) is 31.6 Å². The zero-order chi connectivity index (χ0) is 15.6. The fraction of sp³-hybridized carbons (Fsp3) is 0.467. The molecule has 1 atom stereocenters. The van der Waals surface area contributed by atoms with Gasteiger partial charge in [0, 0.05) is 11.1 Å². The minimum atomic E-state index is -0.639. The Morgan fingerprint density at radius 3 is 2.52 bits per heavy atom. The molecule has 1 unspecified atom stereocenters. The molecule has 0 bridgehead atoms. The SMILES string of the molecule is COc1cccc(C2N=C(NC(C)(C)C)NC2=O)c1OC. The van der Waals surface area contributed by atoms with Gasteiger partial charge in [0.2, 0.25) is 0 Å². The van der Waals surface area contributed by atoms with Crippen molar-refractivity contribution in [2.24, 2.45) is 4.99 Å². The first-order valence-electron chi connectivity index (χ1n) is 6.73. The smallest absolute Gasteiger partial charge is 0.256 e. The van der Waals surface area contributed by atoms with Crippen LogP contribution in [-0.2, 0) is 4.79 Å². The minimum absolute atomic E-state index is 0.181. The third-order valence-corrected chi connectivity index (χ3v) is 2.97. The summed E-state index contributed by atoms with van der Waals surface area (Å²) < 4.78 is 10.6. The largest absolute Gasteiger partial charge is 0.493 e. The topological polar surface area (TPSA) is 72.0 Å². The molecule has 1 aromatic rings. The second-order valence-electron chi connectivity index (χ2n) is 5.83. The lowest BCUT2D eigenvalue weighted by molar-refractivity contribution is -0.120. The first kappa shape index (κ1) is 15.2. The molecule has 21 heavy (non-hydrogen) atoms. The summed E-state index contributed by atoms with van der Waals surface area (Å²) in [5.74, 6) is 1.40. The van der Waals surface area contributed by atoms with Crippen molar-refractivity contribution < 1.29 is 14.3 Å². The molecular formula is C15H21N3O3. The number of nitrogens with one attached hydrogen (secondary N) is 2. The normalized spacial score (nSPS) is 18.0. The quantitative estimate of drug-likeness (QED) is 0.887. The Balaban J connectivity index is 2.36. The predicted octanol–water partition coefficient (Wildman–Crippen LogP) is 1.62. The number of aliphatic imine (C=N–C) groups is 1. The Morgan fingerprint density at radius 2 is 1.95 bits per heavy atom. The summed E-state index contributed by atoms with van der Waals surface area (Å²) in [4.78, 5) is 16.6. The van der Waals surface area contributed by atoms with E-state index in [9.17, 15) is 4.79 Å². The van der Waals surface area contributed by atoms with Crippen molar-refractivity contribution in [2.75, 3.05) is 14.2 Å². The molecule has 6 heteroatoms. The van der Waals surface area contributed by atoms with E-state index in [4.69, 9.17) is 9.47 Å². The van der Waals surface area contributed by atoms with Crippen LogP contribution in [0.25, 0.3) is 0 Å². The van der Waals surface area contributed by atoms with Crippen LogP contribution in [0, 0.1) is 0 Å². The minimum Gasteiger partial charge on any atom is -0.493 e. The molecule has 2 rings (SSSR count). The van der Waals surface area contributed by atoms with Crippen LogP contribution in [0.5, 0.6) is 11.5 Å². The van der Waals surface area contributed by atoms with Gasteiger partial charge in [-0.2, -0.15) is 0 Å². The number of nitrogens with zero attached hydrogens (tertiary/aromatic N) is 1. The van der Waals surface area contributed by atoms with E-state index in [1.165, 1.54) is 0 Å². The summed E-state index contributed by atoms with van der Waals surface area (Å²) in [7, 11) is 3.11. The maximum atomic E-state index is 12.2. The molecule has 1 amide bonds. The first-order chi connectivity index (χ1) is 9.85. The number of guanidine groups is 1. The molecule has 0 saturated carbocycles. The summed E-state index contributed by atoms with van der Waals surface area (Å²) in [6, 6.07) is 4.77. The summed E-state index contributed by atoms with van der Waals surface area (Å²) in [5.41, 5.74) is 0.500. The van der Waals surface area contributed by atoms with Gasteiger partial charge in [-0.05, 0) is 26.8 Å². The number of para-hydroxylation sites is 1. The number of carbonyl (C=O) groups excluding carboxylic acids is 1. The van der Waals surface area contributed by atoms with Gasteiger partial charge in [0.25, 0.3) is 5.91 Å². The van der Waals surface area contributed by atoms with Gasteiger partial charge in [-0.15, -0.1) is 0 Å². The molecule has 0 saturated heterocycles. The van der Waals surface area contributed by atoms with Gasteiger partial charge in [-0.3, -0.25) is 10.1 Å². The molecule has 1 aromatic carbocycles. The van der Waals surface area contributed by atoms with Crippen LogP contribution in [0.1, 0.15) is 32.4 Å². The first-order valence-corrected chi connectivity index (χ1v) is 6.73. The van der Waals surface area contributed by atoms with E-state index in [0.29, 0.717) is 23.0 Å². The van der Waals surface area contributed by atoms with Crippen LogP contribution in [0.2, 0.25) is 0 Å². The van der Waals surface area contributed by atoms with Crippen molar-refractivity contribution in [1.29, 1.82) is 0 Å². The molecule has 1 aliphatic rings. The molecule has 0 fully saturated rings. The van der Waals surface area contributed by atoms with E-state index in [1.807, 2.05) is 32.9 Å². The van der Waals surface area contributed by atoms with Crippen molar-refractivity contribution in [3.05, 3.63) is 23.8 Å². The highest BCUT2D eigenvalue weighted by Crippen LogP contribution is 2.37. The fourth-order valence-electron chi connectivity index (χ4n) is 2.16. The van der Waals surface area contributed by atoms with Crippen LogP contribution in [0.15, 0.2) is 23.2 Å². The highest BCUT2D eigenvalue weighted by Gasteiger charge is 2.32. The lowest BCUT2D eigenvalue weighted by Crippen LogP contribution is -2.46. The summed E-state index contributed by atoms with van der Waals surface area (Å²) in [5, 5.41) is 5.91. The maximum Gasteiger partial charge on any atom is 0.256 e. The second kappa shape index (κ2) is 5.63. The summed E-state index contributed by atoms with van der Waals surface area (Å²) in [6.07, 6.45) is 0. The standard InChI is InChI=1S/C15H21N3O3/c1-15(2,3)18-14-16-11(13(19)17-14)9-7-6-8-10(20-4)12(9)21-5/h6-8,11H,1-5H3,(H2,16,17,18,19). The lowest BCUT2D eigenvalue weighted by atomic mass is 10.1. The molecule has 0 aromatic heterocycles. The van der Waals surface area contributed by atoms with Crippen molar-refractivity contribution in [2.45, 2.75) is 32.4 Å². The van der Waals surface area contributed by atoms with E-state index in [2.05, 4.69) is 15.6 Å². The van der Waals surface area contributed by atoms with Crippen LogP contribution < -0.4 is 20.1 Å². The molecule has 2 N–H and O–H groups in total. The maximum absolute atomic E-state index is 12.2. The zero-order valence-electron chi connectivity index (χ0n) is 13.0. The number of amides is 1. The molecule has 114 valence electrons. The zero-order valence-corrected chi connectivity index (χ0v) is 13.0. The van der Waals surface area contributed by atoms with Gasteiger partial charge in [0.15, 0.2) is 23.5 Å². The van der Waals surface area contributed by atoms with Crippen LogP contribution in [0.3, 0.4) is 0 Å². The number of benzene rings is 1. The highest BCUT2D eigenvalue weighted by atomic mass is 16.5. The Labute approximate surface area is 124 Å². The number of carbonyl (C=O) groups is 1. The van der Waals surface area contributed by atoms with Gasteiger partial charge in [0.1, 0.15) is 0 Å². The molecular weight excluding hydrogens is 270 g/mol. The van der Waals surface area contributed by atoms with E-state index in [1.54, 1.807) is 20.3 Å². The predicted molar refractivity (Wildman–Crippen MR) is 80.8 cm³/mol.